The normalized spacial score (nSPS) is 11.1. The van der Waals surface area contributed by atoms with Crippen LogP contribution in [0.2, 0.25) is 0 Å². The summed E-state index contributed by atoms with van der Waals surface area (Å²) in [6.07, 6.45) is 4.21. The van der Waals surface area contributed by atoms with Crippen LogP contribution in [-0.4, -0.2) is 5.17 Å². The highest BCUT2D eigenvalue weighted by atomic mass is 35.5. The average Bonchev–Trinajstić information content (AvgIpc) is 2.10. The van der Waals surface area contributed by atoms with E-state index in [9.17, 15) is 0 Å². The lowest BCUT2D eigenvalue weighted by molar-refractivity contribution is 1.28. The Kier molecular flexibility index (Phi) is 6.14. The van der Waals surface area contributed by atoms with Crippen LogP contribution in [-0.2, 0) is 0 Å². The molecule has 0 unspecified atom stereocenters. The monoisotopic (exact) mass is 181 g/mol. The highest BCUT2D eigenvalue weighted by Crippen LogP contribution is 1.99. The Morgan fingerprint density at radius 1 is 1.67 bits per heavy atom. The van der Waals surface area contributed by atoms with Crippen molar-refractivity contribution in [3.8, 4) is 11.8 Å². The molecule has 0 saturated carbocycles. The SMILES string of the molecule is C=C(C#CCC)/C(Cl)=N\C=C/C. The lowest BCUT2D eigenvalue weighted by atomic mass is 10.3. The zero-order valence-electron chi connectivity index (χ0n) is 7.39. The van der Waals surface area contributed by atoms with Crippen molar-refractivity contribution in [1.82, 2.24) is 0 Å². The van der Waals surface area contributed by atoms with E-state index in [2.05, 4.69) is 23.4 Å². The molecule has 0 saturated heterocycles. The first-order valence-corrected chi connectivity index (χ1v) is 4.12. The van der Waals surface area contributed by atoms with E-state index in [1.807, 2.05) is 13.8 Å². The van der Waals surface area contributed by atoms with Gasteiger partial charge in [0.1, 0.15) is 5.17 Å². The minimum absolute atomic E-state index is 0.356. The number of hydrogen-bond acceptors (Lipinski definition) is 1. The lowest BCUT2D eigenvalue weighted by Crippen LogP contribution is -1.87. The summed E-state index contributed by atoms with van der Waals surface area (Å²) in [5.41, 5.74) is 0.566. The van der Waals surface area contributed by atoms with Gasteiger partial charge in [0.25, 0.3) is 0 Å². The Hall–Kier alpha value is -1.00. The van der Waals surface area contributed by atoms with Crippen LogP contribution in [0.25, 0.3) is 0 Å². The third kappa shape index (κ3) is 4.76. The van der Waals surface area contributed by atoms with E-state index in [-0.39, 0.29) is 0 Å². The lowest BCUT2D eigenvalue weighted by Gasteiger charge is -1.89. The molecule has 2 heteroatoms. The van der Waals surface area contributed by atoms with Crippen molar-refractivity contribution in [2.24, 2.45) is 4.99 Å². The van der Waals surface area contributed by atoms with Crippen molar-refractivity contribution in [2.45, 2.75) is 20.3 Å². The number of hydrogen-bond donors (Lipinski definition) is 0. The smallest absolute Gasteiger partial charge is 0.143 e. The number of nitrogens with zero attached hydrogens (tertiary/aromatic N) is 1. The average molecular weight is 182 g/mol. The molecule has 0 aliphatic carbocycles. The van der Waals surface area contributed by atoms with Gasteiger partial charge in [-0.25, -0.2) is 4.99 Å². The maximum absolute atomic E-state index is 5.74. The molecule has 0 aromatic rings. The quantitative estimate of drug-likeness (QED) is 0.459. The van der Waals surface area contributed by atoms with Crippen molar-refractivity contribution in [2.75, 3.05) is 0 Å². The van der Waals surface area contributed by atoms with Crippen LogP contribution in [0.1, 0.15) is 20.3 Å². The van der Waals surface area contributed by atoms with Crippen LogP contribution in [0.5, 0.6) is 0 Å². The first kappa shape index (κ1) is 11.0. The van der Waals surface area contributed by atoms with Crippen LogP contribution in [0, 0.1) is 11.8 Å². The summed E-state index contributed by atoms with van der Waals surface area (Å²) in [6.45, 7) is 7.51. The second kappa shape index (κ2) is 6.69. The summed E-state index contributed by atoms with van der Waals surface area (Å²) in [5.74, 6) is 5.67. The van der Waals surface area contributed by atoms with Crippen LogP contribution in [0.3, 0.4) is 0 Å². The molecule has 0 bridgehead atoms. The first-order chi connectivity index (χ1) is 5.72. The van der Waals surface area contributed by atoms with Crippen LogP contribution >= 0.6 is 11.6 Å². The predicted molar refractivity (Wildman–Crippen MR) is 55.3 cm³/mol. The van der Waals surface area contributed by atoms with Gasteiger partial charge >= 0.3 is 0 Å². The summed E-state index contributed by atoms with van der Waals surface area (Å²) in [5, 5.41) is 0.356. The molecule has 0 aromatic carbocycles. The Morgan fingerprint density at radius 3 is 2.83 bits per heavy atom. The van der Waals surface area contributed by atoms with Crippen LogP contribution in [0.4, 0.5) is 0 Å². The summed E-state index contributed by atoms with van der Waals surface area (Å²) >= 11 is 5.74. The minimum atomic E-state index is 0.356. The molecule has 0 aromatic heterocycles. The van der Waals surface area contributed by atoms with Crippen molar-refractivity contribution in [3.63, 3.8) is 0 Å². The van der Waals surface area contributed by atoms with E-state index in [1.54, 1.807) is 12.3 Å². The Morgan fingerprint density at radius 2 is 2.33 bits per heavy atom. The molecule has 0 spiro atoms. The standard InChI is InChI=1S/C10H12ClN/c1-4-6-7-9(3)10(11)12-8-5-2/h5,8H,3-4H2,1-2H3/b8-5-,12-10+. The van der Waals surface area contributed by atoms with Gasteiger partial charge in [0.05, 0.1) is 5.57 Å². The molecule has 0 atom stereocenters. The fraction of sp³-hybridized carbons (Fsp3) is 0.300. The van der Waals surface area contributed by atoms with Crippen LogP contribution < -0.4 is 0 Å². The van der Waals surface area contributed by atoms with Gasteiger partial charge < -0.3 is 0 Å². The summed E-state index contributed by atoms with van der Waals surface area (Å²) in [4.78, 5) is 3.89. The van der Waals surface area contributed by atoms with Gasteiger partial charge in [-0.15, -0.1) is 0 Å². The maximum Gasteiger partial charge on any atom is 0.143 e. The number of aliphatic imine (C=N–C) groups is 1. The third-order valence-electron chi connectivity index (χ3n) is 1.00. The first-order valence-electron chi connectivity index (χ1n) is 3.75. The van der Waals surface area contributed by atoms with Gasteiger partial charge in [0.15, 0.2) is 0 Å². The Labute approximate surface area is 78.8 Å². The van der Waals surface area contributed by atoms with Crippen molar-refractivity contribution in [1.29, 1.82) is 0 Å². The maximum atomic E-state index is 5.74. The third-order valence-corrected chi connectivity index (χ3v) is 1.33. The Bertz CT molecular complexity index is 263. The van der Waals surface area contributed by atoms with Gasteiger partial charge in [-0.1, -0.05) is 43.0 Å². The van der Waals surface area contributed by atoms with E-state index in [0.29, 0.717) is 10.7 Å². The summed E-state index contributed by atoms with van der Waals surface area (Å²) < 4.78 is 0. The fourth-order valence-electron chi connectivity index (χ4n) is 0.465. The molecule has 0 heterocycles. The zero-order valence-corrected chi connectivity index (χ0v) is 8.15. The highest BCUT2D eigenvalue weighted by Gasteiger charge is 1.93. The molecule has 12 heavy (non-hydrogen) atoms. The minimum Gasteiger partial charge on any atom is -0.244 e. The van der Waals surface area contributed by atoms with Gasteiger partial charge in [0.2, 0.25) is 0 Å². The van der Waals surface area contributed by atoms with E-state index in [4.69, 9.17) is 11.6 Å². The summed E-state index contributed by atoms with van der Waals surface area (Å²) in [7, 11) is 0. The molecule has 0 aliphatic rings. The second-order valence-corrected chi connectivity index (χ2v) is 2.39. The number of halogens is 1. The van der Waals surface area contributed by atoms with Gasteiger partial charge in [-0.2, -0.15) is 0 Å². The molecule has 0 rings (SSSR count). The van der Waals surface area contributed by atoms with Crippen molar-refractivity contribution < 1.29 is 0 Å². The molecule has 0 radical (unpaired) electrons. The zero-order chi connectivity index (χ0) is 9.40. The predicted octanol–water partition coefficient (Wildman–Crippen LogP) is 3.13. The van der Waals surface area contributed by atoms with Crippen LogP contribution in [0.15, 0.2) is 29.4 Å². The largest absolute Gasteiger partial charge is 0.244 e. The van der Waals surface area contributed by atoms with Gasteiger partial charge in [0, 0.05) is 12.6 Å². The number of allylic oxidation sites excluding steroid dienone is 2. The molecule has 0 N–H and O–H groups in total. The molecular formula is C10H12ClN. The second-order valence-electron chi connectivity index (χ2n) is 2.04. The van der Waals surface area contributed by atoms with Crippen molar-refractivity contribution >= 4 is 16.8 Å². The van der Waals surface area contributed by atoms with Crippen molar-refractivity contribution in [3.05, 3.63) is 24.4 Å². The molecule has 0 aliphatic heterocycles. The molecule has 0 fully saturated rings. The topological polar surface area (TPSA) is 12.4 Å². The summed E-state index contributed by atoms with van der Waals surface area (Å²) in [6, 6.07) is 0. The molecule has 1 nitrogen and oxygen atoms in total. The molecule has 64 valence electrons. The Balaban J connectivity index is 4.29. The molecule has 0 amide bonds. The van der Waals surface area contributed by atoms with E-state index >= 15 is 0 Å². The van der Waals surface area contributed by atoms with Gasteiger partial charge in [-0.3, -0.25) is 0 Å². The van der Waals surface area contributed by atoms with E-state index in [0.717, 1.165) is 6.42 Å². The fourth-order valence-corrected chi connectivity index (χ4v) is 0.568. The highest BCUT2D eigenvalue weighted by molar-refractivity contribution is 6.70. The van der Waals surface area contributed by atoms with Gasteiger partial charge in [-0.05, 0) is 6.92 Å². The van der Waals surface area contributed by atoms with E-state index < -0.39 is 0 Å². The molecular weight excluding hydrogens is 170 g/mol. The van der Waals surface area contributed by atoms with E-state index in [1.165, 1.54) is 0 Å². The number of rotatable bonds is 2.